The number of nitrogens with one attached hydrogen (secondary N) is 1. The molecule has 3 aromatic rings. The molecule has 1 atom stereocenters. The van der Waals surface area contributed by atoms with Gasteiger partial charge in [-0.15, -0.1) is 0 Å². The molecule has 2 aromatic carbocycles. The van der Waals surface area contributed by atoms with E-state index < -0.39 is 0 Å². The zero-order chi connectivity index (χ0) is 19.8. The molecule has 3 rings (SSSR count). The smallest absolute Gasteiger partial charge is 0.161 e. The van der Waals surface area contributed by atoms with E-state index in [1.807, 2.05) is 24.3 Å². The van der Waals surface area contributed by atoms with Crippen molar-refractivity contribution in [3.63, 3.8) is 0 Å². The van der Waals surface area contributed by atoms with Crippen molar-refractivity contribution in [2.45, 2.75) is 39.5 Å². The molecule has 146 valence electrons. The molecular weight excluding hydrogens is 348 g/mol. The van der Waals surface area contributed by atoms with Gasteiger partial charge >= 0.3 is 0 Å². The minimum absolute atomic E-state index is 0.277. The Balaban J connectivity index is 1.59. The Labute approximate surface area is 167 Å². The van der Waals surface area contributed by atoms with Gasteiger partial charge in [0, 0.05) is 25.0 Å². The molecule has 0 bridgehead atoms. The largest absolute Gasteiger partial charge is 0.493 e. The molecule has 0 aliphatic rings. The molecule has 1 unspecified atom stereocenters. The molecule has 1 N–H and O–H groups in total. The van der Waals surface area contributed by atoms with Gasteiger partial charge < -0.3 is 14.8 Å². The third-order valence-electron chi connectivity index (χ3n) is 4.87. The number of rotatable bonds is 9. The summed E-state index contributed by atoms with van der Waals surface area (Å²) in [5.41, 5.74) is 4.89. The van der Waals surface area contributed by atoms with Gasteiger partial charge in [-0.2, -0.15) is 0 Å². The number of hydrogen-bond donors (Lipinski definition) is 1. The molecule has 0 fully saturated rings. The van der Waals surface area contributed by atoms with Crippen LogP contribution >= 0.6 is 0 Å². The Morgan fingerprint density at radius 2 is 1.61 bits per heavy atom. The summed E-state index contributed by atoms with van der Waals surface area (Å²) in [6.45, 7) is 5.61. The molecule has 28 heavy (non-hydrogen) atoms. The Morgan fingerprint density at radius 1 is 0.893 bits per heavy atom. The van der Waals surface area contributed by atoms with Gasteiger partial charge in [-0.1, -0.05) is 37.3 Å². The van der Waals surface area contributed by atoms with Crippen LogP contribution in [-0.4, -0.2) is 12.1 Å². The molecule has 1 heterocycles. The Kier molecular flexibility index (Phi) is 7.04. The van der Waals surface area contributed by atoms with Crippen LogP contribution in [0.25, 0.3) is 0 Å². The van der Waals surface area contributed by atoms with E-state index in [1.54, 1.807) is 19.5 Å². The summed E-state index contributed by atoms with van der Waals surface area (Å²) in [7, 11) is 1.67. The Morgan fingerprint density at radius 3 is 2.29 bits per heavy atom. The lowest BCUT2D eigenvalue weighted by molar-refractivity contribution is 0.284. The molecular formula is C24H28N2O2. The number of aryl methyl sites for hydroxylation is 1. The number of benzene rings is 2. The summed E-state index contributed by atoms with van der Waals surface area (Å²) in [4.78, 5) is 4.02. The third-order valence-corrected chi connectivity index (χ3v) is 4.87. The normalized spacial score (nSPS) is 11.8. The van der Waals surface area contributed by atoms with Crippen molar-refractivity contribution < 1.29 is 9.47 Å². The predicted molar refractivity (Wildman–Crippen MR) is 113 cm³/mol. The van der Waals surface area contributed by atoms with Gasteiger partial charge in [0.1, 0.15) is 6.61 Å². The Hall–Kier alpha value is -2.85. The maximum absolute atomic E-state index is 5.91. The number of methoxy groups -OCH3 is 1. The number of hydrogen-bond acceptors (Lipinski definition) is 4. The van der Waals surface area contributed by atoms with Gasteiger partial charge in [-0.05, 0) is 59.9 Å². The summed E-state index contributed by atoms with van der Waals surface area (Å²) >= 11 is 0. The summed E-state index contributed by atoms with van der Waals surface area (Å²) < 4.78 is 11.4. The van der Waals surface area contributed by atoms with Crippen molar-refractivity contribution in [1.82, 2.24) is 10.3 Å². The third kappa shape index (κ3) is 5.33. The summed E-state index contributed by atoms with van der Waals surface area (Å²) in [6, 6.07) is 19.0. The Bertz CT molecular complexity index is 864. The fourth-order valence-electron chi connectivity index (χ4n) is 3.01. The molecule has 0 aliphatic carbocycles. The van der Waals surface area contributed by atoms with E-state index in [9.17, 15) is 0 Å². The first kappa shape index (κ1) is 19.9. The minimum Gasteiger partial charge on any atom is -0.493 e. The van der Waals surface area contributed by atoms with Crippen molar-refractivity contribution in [1.29, 1.82) is 0 Å². The molecule has 4 heteroatoms. The van der Waals surface area contributed by atoms with E-state index in [0.717, 1.165) is 35.6 Å². The fraction of sp³-hybridized carbons (Fsp3) is 0.292. The highest BCUT2D eigenvalue weighted by Gasteiger charge is 2.09. The van der Waals surface area contributed by atoms with Crippen molar-refractivity contribution >= 4 is 0 Å². The quantitative estimate of drug-likeness (QED) is 0.565. The zero-order valence-electron chi connectivity index (χ0n) is 16.8. The summed E-state index contributed by atoms with van der Waals surface area (Å²) in [5.74, 6) is 1.49. The molecule has 0 saturated heterocycles. The van der Waals surface area contributed by atoms with Crippen LogP contribution in [0, 0.1) is 0 Å². The lowest BCUT2D eigenvalue weighted by Gasteiger charge is -2.16. The minimum atomic E-state index is 0.277. The summed E-state index contributed by atoms with van der Waals surface area (Å²) in [5, 5.41) is 3.58. The molecule has 0 radical (unpaired) electrons. The van der Waals surface area contributed by atoms with Crippen LogP contribution in [0.4, 0.5) is 0 Å². The first-order valence-corrected chi connectivity index (χ1v) is 9.70. The van der Waals surface area contributed by atoms with E-state index in [-0.39, 0.29) is 6.04 Å². The topological polar surface area (TPSA) is 43.4 Å². The lowest BCUT2D eigenvalue weighted by Crippen LogP contribution is -2.18. The van der Waals surface area contributed by atoms with Gasteiger partial charge in [0.25, 0.3) is 0 Å². The van der Waals surface area contributed by atoms with Gasteiger partial charge in [-0.3, -0.25) is 4.98 Å². The number of nitrogens with zero attached hydrogens (tertiary/aromatic N) is 1. The highest BCUT2D eigenvalue weighted by molar-refractivity contribution is 5.43. The van der Waals surface area contributed by atoms with Gasteiger partial charge in [-0.25, -0.2) is 0 Å². The van der Waals surface area contributed by atoms with E-state index in [4.69, 9.17) is 9.47 Å². The second-order valence-corrected chi connectivity index (χ2v) is 6.83. The number of pyridine rings is 1. The standard InChI is InChI=1S/C24H28N2O2/c1-4-19-5-8-22(9-6-19)18(2)26-16-21-7-10-23(24(15-21)27-3)28-17-20-11-13-25-14-12-20/h5-15,18,26H,4,16-17H2,1-3H3. The molecule has 1 aromatic heterocycles. The maximum Gasteiger partial charge on any atom is 0.161 e. The van der Waals surface area contributed by atoms with Crippen LogP contribution < -0.4 is 14.8 Å². The van der Waals surface area contributed by atoms with Crippen LogP contribution in [0.15, 0.2) is 67.0 Å². The highest BCUT2D eigenvalue weighted by atomic mass is 16.5. The van der Waals surface area contributed by atoms with Crippen LogP contribution in [0.3, 0.4) is 0 Å². The molecule has 0 saturated carbocycles. The second-order valence-electron chi connectivity index (χ2n) is 6.83. The fourth-order valence-corrected chi connectivity index (χ4v) is 3.01. The van der Waals surface area contributed by atoms with Crippen molar-refractivity contribution in [3.05, 3.63) is 89.2 Å². The van der Waals surface area contributed by atoms with E-state index in [1.165, 1.54) is 11.1 Å². The van der Waals surface area contributed by atoms with Gasteiger partial charge in [0.2, 0.25) is 0 Å². The first-order chi connectivity index (χ1) is 13.7. The lowest BCUT2D eigenvalue weighted by atomic mass is 10.0. The summed E-state index contributed by atoms with van der Waals surface area (Å²) in [6.07, 6.45) is 4.60. The van der Waals surface area contributed by atoms with Crippen molar-refractivity contribution in [2.24, 2.45) is 0 Å². The van der Waals surface area contributed by atoms with E-state index in [2.05, 4.69) is 54.5 Å². The molecule has 0 spiro atoms. The first-order valence-electron chi connectivity index (χ1n) is 9.70. The molecule has 0 aliphatic heterocycles. The molecule has 0 amide bonds. The number of ether oxygens (including phenoxy) is 2. The van der Waals surface area contributed by atoms with Crippen molar-refractivity contribution in [3.8, 4) is 11.5 Å². The van der Waals surface area contributed by atoms with Crippen LogP contribution in [0.5, 0.6) is 11.5 Å². The van der Waals surface area contributed by atoms with Crippen molar-refractivity contribution in [2.75, 3.05) is 7.11 Å². The van der Waals surface area contributed by atoms with Crippen LogP contribution in [-0.2, 0) is 19.6 Å². The van der Waals surface area contributed by atoms with Gasteiger partial charge in [0.05, 0.1) is 7.11 Å². The van der Waals surface area contributed by atoms with Gasteiger partial charge in [0.15, 0.2) is 11.5 Å². The molecule has 4 nitrogen and oxygen atoms in total. The van der Waals surface area contributed by atoms with E-state index >= 15 is 0 Å². The predicted octanol–water partition coefficient (Wildman–Crippen LogP) is 5.08. The zero-order valence-corrected chi connectivity index (χ0v) is 16.8. The van der Waals surface area contributed by atoms with E-state index in [0.29, 0.717) is 6.61 Å². The maximum atomic E-state index is 5.91. The second kappa shape index (κ2) is 9.90. The van der Waals surface area contributed by atoms with Crippen LogP contribution in [0.1, 0.15) is 42.1 Å². The average molecular weight is 377 g/mol. The highest BCUT2D eigenvalue weighted by Crippen LogP contribution is 2.29. The number of aromatic nitrogens is 1. The van der Waals surface area contributed by atoms with Crippen LogP contribution in [0.2, 0.25) is 0 Å². The average Bonchev–Trinajstić information content (AvgIpc) is 2.77. The SMILES string of the molecule is CCc1ccc(C(C)NCc2ccc(OCc3ccncc3)c(OC)c2)cc1. The monoisotopic (exact) mass is 376 g/mol.